The molecule has 122 heavy (non-hydrogen) atoms. The zero-order valence-corrected chi connectivity index (χ0v) is 68.1. The van der Waals surface area contributed by atoms with Crippen molar-refractivity contribution in [2.45, 2.75) is 207 Å². The summed E-state index contributed by atoms with van der Waals surface area (Å²) in [6, 6.07) is 5.07. The molecule has 22 N–H and O–H groups in total. The van der Waals surface area contributed by atoms with Crippen molar-refractivity contribution in [3.8, 4) is 62.9 Å². The van der Waals surface area contributed by atoms with Crippen molar-refractivity contribution in [1.82, 2.24) is 42.5 Å². The van der Waals surface area contributed by atoms with E-state index in [1.807, 2.05) is 12.1 Å². The van der Waals surface area contributed by atoms with E-state index >= 15 is 24.0 Å². The number of hydrogen-bond acceptors (Lipinski definition) is 27. The maximum Gasteiger partial charge on any atom is 0.326 e. The zero-order valence-electron chi connectivity index (χ0n) is 66.5. The predicted octanol–water partition coefficient (Wildman–Crippen LogP) is 3.70. The van der Waals surface area contributed by atoms with E-state index in [0.717, 1.165) is 91.6 Å². The zero-order chi connectivity index (χ0) is 88.0. The number of phenolic OH excluding ortho intramolecular Hbond substituents is 3. The van der Waals surface area contributed by atoms with Gasteiger partial charge in [-0.2, -0.15) is 0 Å². The minimum Gasteiger partial charge on any atom is -0.508 e. The Balaban J connectivity index is 1.05. The van der Waals surface area contributed by atoms with Crippen LogP contribution in [0.4, 0.5) is 0 Å². The molecule has 36 nitrogen and oxygen atoms in total. The van der Waals surface area contributed by atoms with Gasteiger partial charge in [0.1, 0.15) is 107 Å². The highest BCUT2D eigenvalue weighted by Crippen LogP contribution is 2.50. The van der Waals surface area contributed by atoms with Crippen molar-refractivity contribution in [2.75, 3.05) is 13.2 Å². The quantitative estimate of drug-likeness (QED) is 0.0340. The highest BCUT2D eigenvalue weighted by molar-refractivity contribution is 6.32. The summed E-state index contributed by atoms with van der Waals surface area (Å²) in [5.41, 5.74) is 9.00. The van der Waals surface area contributed by atoms with E-state index in [4.69, 9.17) is 67.8 Å². The number of nitrogens with two attached hydrogens (primary N) is 2. The maximum absolute atomic E-state index is 16.4. The fourth-order valence-electron chi connectivity index (χ4n) is 15.8. The molecule has 7 heterocycles. The number of aliphatic hydroxyl groups is 6. The number of nitrogens with one attached hydrogen (secondary N) is 8. The third-order valence-electron chi connectivity index (χ3n) is 22.5. The number of carboxylic acids is 1. The second kappa shape index (κ2) is 38.6. The first kappa shape index (κ1) is 90.3. The number of ether oxygens (including phenoxy) is 7. The Bertz CT molecular complexity index is 4960. The molecule has 0 unspecified atom stereocenters. The Hall–Kier alpha value is -11.0. The third kappa shape index (κ3) is 20.4. The molecule has 3 fully saturated rings. The summed E-state index contributed by atoms with van der Waals surface area (Å²) in [4.78, 5) is 133. The van der Waals surface area contributed by atoms with Crippen LogP contribution in [0.1, 0.15) is 149 Å². The number of rotatable bonds is 22. The molecule has 1 saturated carbocycles. The summed E-state index contributed by atoms with van der Waals surface area (Å²) in [7, 11) is 0. The monoisotopic (exact) mass is 1730 g/mol. The van der Waals surface area contributed by atoms with Crippen LogP contribution in [-0.2, 0) is 63.9 Å². The largest absolute Gasteiger partial charge is 0.508 e. The molecule has 6 aromatic rings. The normalized spacial score (nSPS) is 27.4. The Labute approximate surface area is 708 Å². The number of aromatic hydroxyl groups is 3. The molecule has 8 amide bonds. The van der Waals surface area contributed by atoms with E-state index in [1.54, 1.807) is 32.1 Å². The number of halogens is 2. The van der Waals surface area contributed by atoms with Crippen molar-refractivity contribution in [3.05, 3.63) is 159 Å². The van der Waals surface area contributed by atoms with Gasteiger partial charge in [-0.1, -0.05) is 92.7 Å². The molecule has 0 radical (unpaired) electrons. The van der Waals surface area contributed by atoms with E-state index in [0.29, 0.717) is 31.6 Å². The minimum atomic E-state index is -2.39. The summed E-state index contributed by atoms with van der Waals surface area (Å²) < 4.78 is 45.5. The minimum absolute atomic E-state index is 0.0879. The molecule has 0 spiro atoms. The molecule has 38 heteroatoms. The fraction of sp³-hybridized carbons (Fsp3) is 0.440. The first-order valence-corrected chi connectivity index (χ1v) is 40.4. The van der Waals surface area contributed by atoms with E-state index < -0.39 is 255 Å². The molecule has 8 aliphatic rings. The Kier molecular flexibility index (Phi) is 28.6. The summed E-state index contributed by atoms with van der Waals surface area (Å²) in [6.45, 7) is 9.44. The summed E-state index contributed by atoms with van der Waals surface area (Å²) in [6.07, 6.45) is -13.1. The summed E-state index contributed by atoms with van der Waals surface area (Å²) in [5.74, 6) is -17.5. The molecule has 654 valence electrons. The number of aliphatic carboxylic acids is 1. The lowest BCUT2D eigenvalue weighted by molar-refractivity contribution is -0.334. The molecule has 19 atom stereocenters. The van der Waals surface area contributed by atoms with Gasteiger partial charge in [0.25, 0.3) is 0 Å². The standard InChI is InChI=1S/C84H98Cl2N10O26/c1-6-7-22-116-45-15-11-12-38(23-45)34-89-84(5)33-61(117-37(4)75(84)107)121-74-72(106)71(105)58(35-97)120-83(74)122-73-56-27-43-28-57(73)119-55-21-18-42(26-49(55)86)70(104)68-81(113)95-66(79(111)92-63(36(2)3)82(114)115)47-29-44(98)30-53(100)62(47)46-24-40(16-19-52(46)99)64(77(109)96-68)94-78(110)65(43)93-76(108)51(32-59(88)101)90-80(112)67(69(103)41-17-20-54(118-56)48(85)25-41)91-60(102)31-50(87)39-13-9-8-10-14-39/h6,11-12,15-21,23-30,36-37,39,50-51,58,61,63-72,74-75,83,89,97-100,103-107H,1,7-10,13-14,22,31-35,87H2,2-5H3,(H2,88,101)(H,90,112)(H,91,102)(H,92,111)(H,93,108)(H,94,110)(H,95,113)(H,96,109)(H,114,115)/t37-,50+,51-,58+,61-,63-,64+,65+,66-,67+,68-,69+,70+,71+,72-,74+,75+,83-,84-/m0/s1. The number of benzene rings is 6. The topological polar surface area (TPSA) is 569 Å². The number of carbonyl (C=O) groups is 9. The van der Waals surface area contributed by atoms with Gasteiger partial charge in [0.05, 0.1) is 41.9 Å². The lowest BCUT2D eigenvalue weighted by atomic mass is 9.83. The number of primary amides is 1. The Morgan fingerprint density at radius 3 is 2.01 bits per heavy atom. The van der Waals surface area contributed by atoms with Gasteiger partial charge in [-0.3, -0.25) is 38.4 Å². The van der Waals surface area contributed by atoms with Crippen LogP contribution in [0.5, 0.6) is 51.7 Å². The molecular weight excluding hydrogens is 1640 g/mol. The molecular formula is C84H98Cl2N10O26. The van der Waals surface area contributed by atoms with Crippen LogP contribution in [0.15, 0.2) is 116 Å². The van der Waals surface area contributed by atoms with Gasteiger partial charge in [-0.05, 0) is 145 Å². The highest BCUT2D eigenvalue weighted by Gasteiger charge is 2.53. The highest BCUT2D eigenvalue weighted by atomic mass is 35.5. The molecule has 2 saturated heterocycles. The Morgan fingerprint density at radius 1 is 0.721 bits per heavy atom. The molecule has 14 rings (SSSR count). The molecule has 6 aromatic carbocycles. The first-order valence-electron chi connectivity index (χ1n) is 39.6. The smallest absolute Gasteiger partial charge is 0.326 e. The average Bonchev–Trinajstić information content (AvgIpc) is 0.767. The molecule has 0 aromatic heterocycles. The lowest BCUT2D eigenvalue weighted by Gasteiger charge is -2.48. The van der Waals surface area contributed by atoms with Crippen LogP contribution in [0.25, 0.3) is 11.1 Å². The van der Waals surface area contributed by atoms with Gasteiger partial charge < -0.3 is 138 Å². The SMILES string of the molecule is C=CCCOc1cccc(CN[C@@]2(C)C[C@H](O[C@H]3[C@H](Oc4c5cc6cc4Oc4ccc(cc4Cl)[C@@H](O)[C@@H](NC(=O)C[C@@H](N)C4CCCCC4)C(=O)N[C@@H](CC(N)=O)C(=O)N[C@H]6C(=O)N[C@H]4C(=O)N[C@H](C(=O)N[C@H](C(=O)N[C@H](C(=O)O)C(C)C)c6cc(O)cc(O)c6-c6cc4ccc6O)[C@H](O)c4ccc(c(Cl)c4)O5)O[C@H](CO)[C@@H](O)[C@@H]3O)O[C@@H](C)[C@H]2O)c1. The number of fused-ring (bicyclic) bond motifs is 15. The number of phenols is 3. The second-order valence-electron chi connectivity index (χ2n) is 31.6. The first-order chi connectivity index (χ1) is 58.0. The van der Waals surface area contributed by atoms with Gasteiger partial charge in [0.15, 0.2) is 23.9 Å². The van der Waals surface area contributed by atoms with Crippen LogP contribution < -0.4 is 72.9 Å². The van der Waals surface area contributed by atoms with Gasteiger partial charge >= 0.3 is 5.97 Å². The van der Waals surface area contributed by atoms with Crippen molar-refractivity contribution in [1.29, 1.82) is 0 Å². The van der Waals surface area contributed by atoms with Crippen molar-refractivity contribution in [2.24, 2.45) is 23.3 Å². The second-order valence-corrected chi connectivity index (χ2v) is 32.5. The number of aliphatic hydroxyl groups excluding tert-OH is 6. The van der Waals surface area contributed by atoms with Crippen LogP contribution >= 0.6 is 23.2 Å². The van der Waals surface area contributed by atoms with E-state index in [1.165, 1.54) is 26.0 Å². The molecule has 1 aliphatic carbocycles. The average molecular weight is 1730 g/mol. The predicted molar refractivity (Wildman–Crippen MR) is 432 cm³/mol. The van der Waals surface area contributed by atoms with E-state index in [-0.39, 0.29) is 52.8 Å². The number of carbonyl (C=O) groups excluding carboxylic acids is 8. The van der Waals surface area contributed by atoms with Gasteiger partial charge in [0.2, 0.25) is 59.3 Å². The maximum atomic E-state index is 16.4. The van der Waals surface area contributed by atoms with Crippen molar-refractivity contribution in [3.63, 3.8) is 0 Å². The summed E-state index contributed by atoms with van der Waals surface area (Å²) in [5, 5.41) is 137. The van der Waals surface area contributed by atoms with Gasteiger partial charge in [0, 0.05) is 48.2 Å². The molecule has 7 aliphatic heterocycles. The van der Waals surface area contributed by atoms with Crippen LogP contribution in [0.2, 0.25) is 10.0 Å². The number of amides is 8. The van der Waals surface area contributed by atoms with Crippen molar-refractivity contribution < 1.29 is 127 Å². The Morgan fingerprint density at radius 2 is 1.37 bits per heavy atom. The number of hydrogen-bond donors (Lipinski definition) is 20. The van der Waals surface area contributed by atoms with E-state index in [9.17, 15) is 70.2 Å². The van der Waals surface area contributed by atoms with Crippen LogP contribution in [0, 0.1) is 11.8 Å². The van der Waals surface area contributed by atoms with Crippen LogP contribution in [-0.4, -0.2) is 202 Å². The lowest BCUT2D eigenvalue weighted by Crippen LogP contribution is -2.65. The summed E-state index contributed by atoms with van der Waals surface area (Å²) >= 11 is 14.4. The van der Waals surface area contributed by atoms with Crippen LogP contribution in [0.3, 0.4) is 0 Å². The third-order valence-corrected chi connectivity index (χ3v) is 23.1. The van der Waals surface area contributed by atoms with Gasteiger partial charge in [-0.15, -0.1) is 6.58 Å². The van der Waals surface area contributed by atoms with Gasteiger partial charge in [-0.25, -0.2) is 4.79 Å². The molecule has 11 bridgehead atoms. The van der Waals surface area contributed by atoms with Crippen molar-refractivity contribution >= 4 is 76.4 Å². The number of carboxylic acid groups (broad SMARTS) is 1. The fourth-order valence-corrected chi connectivity index (χ4v) is 16.3. The van der Waals surface area contributed by atoms with E-state index in [2.05, 4.69) is 49.1 Å².